The maximum absolute atomic E-state index is 12.7. The highest BCUT2D eigenvalue weighted by molar-refractivity contribution is 7.13. The normalized spacial score (nSPS) is 12.9. The lowest BCUT2D eigenvalue weighted by Crippen LogP contribution is -2.39. The summed E-state index contributed by atoms with van der Waals surface area (Å²) in [7, 11) is 1.68. The van der Waals surface area contributed by atoms with Crippen LogP contribution in [-0.4, -0.2) is 38.4 Å². The van der Waals surface area contributed by atoms with E-state index >= 15 is 0 Å². The van der Waals surface area contributed by atoms with Crippen molar-refractivity contribution in [2.75, 3.05) is 12.4 Å². The average molecular weight is 315 g/mol. The molecule has 2 rings (SSSR count). The van der Waals surface area contributed by atoms with Crippen LogP contribution in [0.3, 0.4) is 0 Å². The molecule has 2 aromatic rings. The molecular weight excluding hydrogens is 300 g/mol. The molecule has 0 saturated carbocycles. The maximum Gasteiger partial charge on any atom is 0.319 e. The van der Waals surface area contributed by atoms with Crippen molar-refractivity contribution in [3.8, 4) is 0 Å². The molecule has 2 heterocycles. The van der Waals surface area contributed by atoms with Crippen LogP contribution in [0.1, 0.15) is 19.3 Å². The Bertz CT molecular complexity index is 586. The van der Waals surface area contributed by atoms with Gasteiger partial charge in [-0.05, 0) is 14.0 Å². The lowest BCUT2D eigenvalue weighted by Gasteiger charge is -2.23. The lowest BCUT2D eigenvalue weighted by molar-refractivity contribution is -0.120. The first-order chi connectivity index (χ1) is 9.99. The number of hydrogen-bond donors (Lipinski definition) is 1. The average Bonchev–Trinajstić information content (AvgIpc) is 3.08. The molecule has 114 valence electrons. The number of carbonyl (C=O) groups excluding carboxylic acids is 1. The van der Waals surface area contributed by atoms with E-state index in [2.05, 4.69) is 15.3 Å². The Balaban J connectivity index is 1.97. The molecule has 0 unspecified atom stereocenters. The van der Waals surface area contributed by atoms with E-state index in [1.807, 2.05) is 0 Å². The van der Waals surface area contributed by atoms with Crippen molar-refractivity contribution < 1.29 is 13.6 Å². The predicted octanol–water partition coefficient (Wildman–Crippen LogP) is 2.19. The molecule has 2 aromatic heterocycles. The van der Waals surface area contributed by atoms with Gasteiger partial charge in [0.15, 0.2) is 5.13 Å². The Hall–Kier alpha value is -1.87. The number of hydrogen-bond acceptors (Lipinski definition) is 5. The van der Waals surface area contributed by atoms with Gasteiger partial charge in [0.1, 0.15) is 5.82 Å². The van der Waals surface area contributed by atoms with E-state index in [1.165, 1.54) is 23.7 Å². The monoisotopic (exact) mass is 315 g/mol. The van der Waals surface area contributed by atoms with Crippen LogP contribution in [0, 0.1) is 0 Å². The van der Waals surface area contributed by atoms with Crippen LogP contribution in [0.4, 0.5) is 13.9 Å². The third-order valence-electron chi connectivity index (χ3n) is 3.05. The Morgan fingerprint density at radius 2 is 2.24 bits per heavy atom. The van der Waals surface area contributed by atoms with Crippen LogP contribution in [0.15, 0.2) is 24.0 Å². The quantitative estimate of drug-likeness (QED) is 0.887. The number of alkyl halides is 2. The number of anilines is 1. The molecule has 1 N–H and O–H groups in total. The third kappa shape index (κ3) is 3.82. The Morgan fingerprint density at radius 3 is 2.86 bits per heavy atom. The summed E-state index contributed by atoms with van der Waals surface area (Å²) in [6.07, 6.45) is 4.12. The Kier molecular flexibility index (Phi) is 4.97. The van der Waals surface area contributed by atoms with Gasteiger partial charge in [0.25, 0.3) is 0 Å². The van der Waals surface area contributed by atoms with Crippen molar-refractivity contribution in [1.29, 1.82) is 0 Å². The van der Waals surface area contributed by atoms with Crippen molar-refractivity contribution in [3.63, 3.8) is 0 Å². The molecule has 1 atom stereocenters. The van der Waals surface area contributed by atoms with Crippen molar-refractivity contribution >= 4 is 22.4 Å². The summed E-state index contributed by atoms with van der Waals surface area (Å²) in [6.45, 7) is -0.807. The van der Waals surface area contributed by atoms with Gasteiger partial charge in [-0.15, -0.1) is 11.3 Å². The highest BCUT2D eigenvalue weighted by Crippen LogP contribution is 2.15. The van der Waals surface area contributed by atoms with E-state index in [0.29, 0.717) is 5.13 Å². The van der Waals surface area contributed by atoms with E-state index in [1.54, 1.807) is 30.4 Å². The third-order valence-corrected chi connectivity index (χ3v) is 3.74. The van der Waals surface area contributed by atoms with Gasteiger partial charge in [0.05, 0.1) is 12.6 Å². The SMILES string of the molecule is C[C@@H](C(=O)Nc1nccs1)N(C)Cc1nccn1C(F)F. The van der Waals surface area contributed by atoms with Gasteiger partial charge in [-0.25, -0.2) is 9.97 Å². The van der Waals surface area contributed by atoms with E-state index in [-0.39, 0.29) is 18.3 Å². The molecular formula is C12H15F2N5OS. The first-order valence-electron chi connectivity index (χ1n) is 6.19. The summed E-state index contributed by atoms with van der Waals surface area (Å²) in [5, 5.41) is 4.93. The lowest BCUT2D eigenvalue weighted by atomic mass is 10.3. The fraction of sp³-hybridized carbons (Fsp3) is 0.417. The van der Waals surface area contributed by atoms with Crippen LogP contribution in [-0.2, 0) is 11.3 Å². The van der Waals surface area contributed by atoms with Gasteiger partial charge in [-0.1, -0.05) is 0 Å². The van der Waals surface area contributed by atoms with Gasteiger partial charge in [-0.2, -0.15) is 8.78 Å². The number of carbonyl (C=O) groups is 1. The first kappa shape index (κ1) is 15.5. The van der Waals surface area contributed by atoms with Gasteiger partial charge < -0.3 is 5.32 Å². The summed E-state index contributed by atoms with van der Waals surface area (Å²) >= 11 is 1.31. The van der Waals surface area contributed by atoms with Crippen molar-refractivity contribution in [3.05, 3.63) is 29.8 Å². The zero-order valence-corrected chi connectivity index (χ0v) is 12.3. The summed E-state index contributed by atoms with van der Waals surface area (Å²) in [4.78, 5) is 21.5. The van der Waals surface area contributed by atoms with Crippen LogP contribution in [0.2, 0.25) is 0 Å². The van der Waals surface area contributed by atoms with Crippen LogP contribution in [0.25, 0.3) is 0 Å². The number of thiazole rings is 1. The molecule has 0 aliphatic carbocycles. The van der Waals surface area contributed by atoms with Crippen molar-refractivity contribution in [2.45, 2.75) is 26.1 Å². The summed E-state index contributed by atoms with van der Waals surface area (Å²) < 4.78 is 26.3. The van der Waals surface area contributed by atoms with Gasteiger partial charge in [0, 0.05) is 24.0 Å². The van der Waals surface area contributed by atoms with E-state index < -0.39 is 12.6 Å². The number of amides is 1. The largest absolute Gasteiger partial charge is 0.319 e. The molecule has 0 radical (unpaired) electrons. The molecule has 0 aliphatic rings. The highest BCUT2D eigenvalue weighted by Gasteiger charge is 2.21. The van der Waals surface area contributed by atoms with E-state index in [9.17, 15) is 13.6 Å². The second kappa shape index (κ2) is 6.72. The molecule has 0 saturated heterocycles. The number of imidazole rings is 1. The molecule has 9 heteroatoms. The Morgan fingerprint density at radius 1 is 1.48 bits per heavy atom. The van der Waals surface area contributed by atoms with Gasteiger partial charge in [0.2, 0.25) is 5.91 Å². The van der Waals surface area contributed by atoms with Crippen molar-refractivity contribution in [2.24, 2.45) is 0 Å². The molecule has 1 amide bonds. The standard InChI is InChI=1S/C12H15F2N5OS/c1-8(10(20)17-12-16-4-6-21-12)18(2)7-9-15-3-5-19(9)11(13)14/h3-6,8,11H,7H2,1-2H3,(H,16,17,20)/t8-/m0/s1. The summed E-state index contributed by atoms with van der Waals surface area (Å²) in [5.74, 6) is -0.0380. The molecule has 0 aliphatic heterocycles. The topological polar surface area (TPSA) is 63.1 Å². The molecule has 21 heavy (non-hydrogen) atoms. The second-order valence-electron chi connectivity index (χ2n) is 4.45. The fourth-order valence-electron chi connectivity index (χ4n) is 1.70. The number of likely N-dealkylation sites (N-methyl/N-ethyl adjacent to an activating group) is 1. The molecule has 0 spiro atoms. The van der Waals surface area contributed by atoms with E-state index in [4.69, 9.17) is 0 Å². The molecule has 0 bridgehead atoms. The number of halogens is 2. The molecule has 6 nitrogen and oxygen atoms in total. The molecule has 0 aromatic carbocycles. The summed E-state index contributed by atoms with van der Waals surface area (Å²) in [5.41, 5.74) is 0. The zero-order valence-electron chi connectivity index (χ0n) is 11.5. The minimum Gasteiger partial charge on any atom is -0.301 e. The minimum atomic E-state index is -2.64. The molecule has 0 fully saturated rings. The smallest absolute Gasteiger partial charge is 0.301 e. The number of aromatic nitrogens is 3. The summed E-state index contributed by atoms with van der Waals surface area (Å²) in [6, 6.07) is -0.503. The van der Waals surface area contributed by atoms with Crippen molar-refractivity contribution in [1.82, 2.24) is 19.4 Å². The number of nitrogens with one attached hydrogen (secondary N) is 1. The van der Waals surface area contributed by atoms with Crippen LogP contribution < -0.4 is 5.32 Å². The van der Waals surface area contributed by atoms with Gasteiger partial charge >= 0.3 is 6.55 Å². The zero-order chi connectivity index (χ0) is 15.4. The fourth-order valence-corrected chi connectivity index (χ4v) is 2.23. The Labute approximate surface area is 124 Å². The first-order valence-corrected chi connectivity index (χ1v) is 7.07. The minimum absolute atomic E-state index is 0.143. The maximum atomic E-state index is 12.7. The van der Waals surface area contributed by atoms with Gasteiger partial charge in [-0.3, -0.25) is 14.3 Å². The number of nitrogens with zero attached hydrogens (tertiary/aromatic N) is 4. The number of rotatable bonds is 6. The van der Waals surface area contributed by atoms with Crippen LogP contribution in [0.5, 0.6) is 0 Å². The second-order valence-corrected chi connectivity index (χ2v) is 5.34. The van der Waals surface area contributed by atoms with E-state index in [0.717, 1.165) is 4.57 Å². The predicted molar refractivity (Wildman–Crippen MR) is 75.2 cm³/mol. The highest BCUT2D eigenvalue weighted by atomic mass is 32.1. The van der Waals surface area contributed by atoms with Crippen LogP contribution >= 0.6 is 11.3 Å².